The zero-order chi connectivity index (χ0) is 31.2. The third kappa shape index (κ3) is 6.87. The number of nitrogens with zero attached hydrogens (tertiary/aromatic N) is 3. The van der Waals surface area contributed by atoms with Crippen LogP contribution in [0.5, 0.6) is 5.75 Å². The summed E-state index contributed by atoms with van der Waals surface area (Å²) < 4.78 is 18.6. The number of benzene rings is 2. The Morgan fingerprint density at radius 1 is 1.07 bits per heavy atom. The largest absolute Gasteiger partial charge is 0.484 e. The lowest BCUT2D eigenvalue weighted by molar-refractivity contribution is -0.139. The average molecular weight is 618 g/mol. The topological polar surface area (TPSA) is 99.4 Å². The molecular weight excluding hydrogens is 578 g/mol. The summed E-state index contributed by atoms with van der Waals surface area (Å²) >= 11 is 1.30. The third-order valence-electron chi connectivity index (χ3n) is 7.72. The maximum absolute atomic E-state index is 14.0. The molecule has 1 atom stereocenters. The van der Waals surface area contributed by atoms with Gasteiger partial charge in [0, 0.05) is 13.1 Å². The van der Waals surface area contributed by atoms with Gasteiger partial charge in [0.1, 0.15) is 5.75 Å². The molecule has 5 rings (SSSR count). The van der Waals surface area contributed by atoms with Crippen molar-refractivity contribution in [3.05, 3.63) is 96.2 Å². The number of hydrogen-bond donors (Lipinski definition) is 0. The van der Waals surface area contributed by atoms with E-state index in [9.17, 15) is 14.4 Å². The number of morpholine rings is 1. The van der Waals surface area contributed by atoms with E-state index in [0.717, 1.165) is 17.5 Å². The molecule has 0 N–H and O–H groups in total. The molecule has 2 aliphatic rings. The first-order valence-corrected chi connectivity index (χ1v) is 16.0. The van der Waals surface area contributed by atoms with E-state index in [1.165, 1.54) is 16.9 Å². The zero-order valence-electron chi connectivity index (χ0n) is 25.7. The van der Waals surface area contributed by atoms with Crippen molar-refractivity contribution in [1.82, 2.24) is 9.47 Å². The van der Waals surface area contributed by atoms with E-state index >= 15 is 0 Å². The van der Waals surface area contributed by atoms with Gasteiger partial charge in [0.25, 0.3) is 11.5 Å². The maximum atomic E-state index is 14.0. The van der Waals surface area contributed by atoms with Gasteiger partial charge in [-0.3, -0.25) is 14.2 Å². The summed E-state index contributed by atoms with van der Waals surface area (Å²) in [7, 11) is 0. The van der Waals surface area contributed by atoms with Gasteiger partial charge in [-0.05, 0) is 54.2 Å². The van der Waals surface area contributed by atoms with Crippen molar-refractivity contribution in [3.8, 4) is 5.75 Å². The van der Waals surface area contributed by atoms with Crippen molar-refractivity contribution >= 4 is 29.3 Å². The van der Waals surface area contributed by atoms with Crippen LogP contribution in [-0.4, -0.2) is 60.9 Å². The standard InChI is InChI=1S/C34H39N3O6S/c1-5-7-27-30(33(40)42-6-2)31(25-12-10-24(11-13-25)22(3)4)37-32(39)28(44-34(37)35-27)20-23-8-14-26(15-9-23)43-21-29(38)36-16-18-41-19-17-36/h8-15,20,22,31H,5-7,16-19,21H2,1-4H3/b28-20+/t31-/m0/s1. The fraction of sp³-hybridized carbons (Fsp3) is 0.412. The minimum absolute atomic E-state index is 0.0427. The fourth-order valence-electron chi connectivity index (χ4n) is 5.36. The molecule has 0 radical (unpaired) electrons. The van der Waals surface area contributed by atoms with Crippen LogP contribution in [0, 0.1) is 0 Å². The molecule has 2 aliphatic heterocycles. The molecule has 44 heavy (non-hydrogen) atoms. The third-order valence-corrected chi connectivity index (χ3v) is 8.70. The van der Waals surface area contributed by atoms with E-state index in [-0.39, 0.29) is 24.7 Å². The molecule has 2 aromatic carbocycles. The highest BCUT2D eigenvalue weighted by Crippen LogP contribution is 2.33. The Labute approximate surface area is 261 Å². The van der Waals surface area contributed by atoms with Gasteiger partial charge in [-0.15, -0.1) is 0 Å². The van der Waals surface area contributed by atoms with E-state index in [1.807, 2.05) is 37.3 Å². The molecule has 9 nitrogen and oxygen atoms in total. The average Bonchev–Trinajstić information content (AvgIpc) is 3.34. The van der Waals surface area contributed by atoms with Crippen LogP contribution in [-0.2, 0) is 19.1 Å². The molecule has 0 unspecified atom stereocenters. The highest BCUT2D eigenvalue weighted by atomic mass is 32.1. The van der Waals surface area contributed by atoms with E-state index in [0.29, 0.717) is 65.0 Å². The summed E-state index contributed by atoms with van der Waals surface area (Å²) in [6, 6.07) is 14.7. The highest BCUT2D eigenvalue weighted by Gasteiger charge is 2.34. The van der Waals surface area contributed by atoms with Gasteiger partial charge in [-0.2, -0.15) is 0 Å². The summed E-state index contributed by atoms with van der Waals surface area (Å²) in [6.45, 7) is 10.5. The summed E-state index contributed by atoms with van der Waals surface area (Å²) in [5.41, 5.74) is 3.66. The number of thiazole rings is 1. The number of allylic oxidation sites excluding steroid dienone is 1. The lowest BCUT2D eigenvalue weighted by Gasteiger charge is -2.26. The van der Waals surface area contributed by atoms with Crippen molar-refractivity contribution in [2.24, 2.45) is 4.99 Å². The van der Waals surface area contributed by atoms with Crippen LogP contribution >= 0.6 is 11.3 Å². The summed E-state index contributed by atoms with van der Waals surface area (Å²) in [5.74, 6) is 0.397. The molecule has 1 saturated heterocycles. The van der Waals surface area contributed by atoms with Crippen molar-refractivity contribution < 1.29 is 23.8 Å². The van der Waals surface area contributed by atoms with Crippen LogP contribution < -0.4 is 19.6 Å². The number of aromatic nitrogens is 1. The molecule has 0 aliphatic carbocycles. The van der Waals surface area contributed by atoms with E-state index in [1.54, 1.807) is 28.5 Å². The van der Waals surface area contributed by atoms with Crippen molar-refractivity contribution in [1.29, 1.82) is 0 Å². The molecular formula is C34H39N3O6S. The Kier molecular flexibility index (Phi) is 10.1. The lowest BCUT2D eigenvalue weighted by atomic mass is 9.92. The smallest absolute Gasteiger partial charge is 0.338 e. The van der Waals surface area contributed by atoms with Crippen LogP contribution in [0.25, 0.3) is 6.08 Å². The van der Waals surface area contributed by atoms with Crippen LogP contribution in [0.15, 0.2) is 69.6 Å². The molecule has 1 amide bonds. The van der Waals surface area contributed by atoms with E-state index in [4.69, 9.17) is 19.2 Å². The lowest BCUT2D eigenvalue weighted by Crippen LogP contribution is -2.42. The first-order chi connectivity index (χ1) is 21.3. The summed E-state index contributed by atoms with van der Waals surface area (Å²) in [4.78, 5) is 46.9. The Morgan fingerprint density at radius 2 is 1.77 bits per heavy atom. The highest BCUT2D eigenvalue weighted by molar-refractivity contribution is 7.07. The number of amides is 1. The van der Waals surface area contributed by atoms with Crippen LogP contribution in [0.1, 0.15) is 69.2 Å². The molecule has 3 aromatic rings. The molecule has 10 heteroatoms. The molecule has 232 valence electrons. The first kappa shape index (κ1) is 31.4. The monoisotopic (exact) mass is 617 g/mol. The van der Waals surface area contributed by atoms with E-state index < -0.39 is 12.0 Å². The van der Waals surface area contributed by atoms with E-state index in [2.05, 4.69) is 26.0 Å². The zero-order valence-corrected chi connectivity index (χ0v) is 26.5. The number of carbonyl (C=O) groups excluding carboxylic acids is 2. The molecule has 0 spiro atoms. The number of carbonyl (C=O) groups is 2. The number of hydrogen-bond acceptors (Lipinski definition) is 8. The fourth-order valence-corrected chi connectivity index (χ4v) is 6.38. The Hall–Kier alpha value is -4.02. The Bertz CT molecular complexity index is 1700. The minimum Gasteiger partial charge on any atom is -0.484 e. The van der Waals surface area contributed by atoms with Gasteiger partial charge in [-0.1, -0.05) is 74.9 Å². The normalized spacial score (nSPS) is 17.0. The van der Waals surface area contributed by atoms with Crippen molar-refractivity contribution in [3.63, 3.8) is 0 Å². The van der Waals surface area contributed by atoms with Crippen LogP contribution in [0.4, 0.5) is 0 Å². The molecule has 0 bridgehead atoms. The molecule has 0 saturated carbocycles. The number of ether oxygens (including phenoxy) is 3. The number of fused-ring (bicyclic) bond motifs is 1. The molecule has 1 aromatic heterocycles. The van der Waals surface area contributed by atoms with Gasteiger partial charge in [0.2, 0.25) is 0 Å². The van der Waals surface area contributed by atoms with Gasteiger partial charge in [0.15, 0.2) is 11.4 Å². The predicted molar refractivity (Wildman–Crippen MR) is 169 cm³/mol. The minimum atomic E-state index is -0.644. The SMILES string of the molecule is CCCC1=C(C(=O)OCC)[C@H](c2ccc(C(C)C)cc2)n2c(s/c(=C/c3ccc(OCC(=O)N4CCOCC4)cc3)c2=O)=N1. The maximum Gasteiger partial charge on any atom is 0.338 e. The summed E-state index contributed by atoms with van der Waals surface area (Å²) in [5, 5.41) is 0. The second kappa shape index (κ2) is 14.2. The first-order valence-electron chi connectivity index (χ1n) is 15.2. The Morgan fingerprint density at radius 3 is 2.41 bits per heavy atom. The number of esters is 1. The van der Waals surface area contributed by atoms with Crippen LogP contribution in [0.3, 0.4) is 0 Å². The van der Waals surface area contributed by atoms with Crippen molar-refractivity contribution in [2.45, 2.75) is 52.5 Å². The second-order valence-electron chi connectivity index (χ2n) is 11.1. The van der Waals surface area contributed by atoms with Gasteiger partial charge < -0.3 is 19.1 Å². The summed E-state index contributed by atoms with van der Waals surface area (Å²) in [6.07, 6.45) is 3.20. The van der Waals surface area contributed by atoms with Gasteiger partial charge >= 0.3 is 5.97 Å². The second-order valence-corrected chi connectivity index (χ2v) is 12.1. The Balaban J connectivity index is 1.48. The predicted octanol–water partition coefficient (Wildman–Crippen LogP) is 3.94. The molecule has 1 fully saturated rings. The van der Waals surface area contributed by atoms with Crippen LogP contribution in [0.2, 0.25) is 0 Å². The number of rotatable bonds is 10. The van der Waals surface area contributed by atoms with Gasteiger partial charge in [-0.25, -0.2) is 9.79 Å². The quantitative estimate of drug-likeness (QED) is 0.320. The van der Waals surface area contributed by atoms with Crippen molar-refractivity contribution in [2.75, 3.05) is 39.5 Å². The molecule has 3 heterocycles. The van der Waals surface area contributed by atoms with Gasteiger partial charge in [0.05, 0.1) is 41.7 Å².